The monoisotopic (exact) mass is 233 g/mol. The Balaban J connectivity index is 1.85. The van der Waals surface area contributed by atoms with E-state index in [0.717, 1.165) is 24.6 Å². The van der Waals surface area contributed by atoms with Gasteiger partial charge in [0.15, 0.2) is 11.5 Å². The van der Waals surface area contributed by atoms with Gasteiger partial charge in [-0.15, -0.1) is 0 Å². The van der Waals surface area contributed by atoms with E-state index in [9.17, 15) is 0 Å². The van der Waals surface area contributed by atoms with Crippen LogP contribution in [0.3, 0.4) is 0 Å². The second-order valence-corrected chi connectivity index (χ2v) is 5.35. The van der Waals surface area contributed by atoms with Crippen molar-refractivity contribution in [2.75, 3.05) is 13.1 Å². The minimum atomic E-state index is -0.522. The molecule has 0 aromatic heterocycles. The summed E-state index contributed by atoms with van der Waals surface area (Å²) in [5.41, 5.74) is 1.36. The van der Waals surface area contributed by atoms with E-state index in [2.05, 4.69) is 17.4 Å². The average molecular weight is 233 g/mol. The number of nitrogens with one attached hydrogen (secondary N) is 1. The third-order valence-corrected chi connectivity index (χ3v) is 3.45. The molecule has 2 heterocycles. The van der Waals surface area contributed by atoms with Crippen molar-refractivity contribution in [2.24, 2.45) is 0 Å². The fourth-order valence-electron chi connectivity index (χ4n) is 2.63. The van der Waals surface area contributed by atoms with Gasteiger partial charge in [0.1, 0.15) is 0 Å². The van der Waals surface area contributed by atoms with Crippen LogP contribution in [0.2, 0.25) is 0 Å². The van der Waals surface area contributed by atoms with Gasteiger partial charge in [0, 0.05) is 20.4 Å². The van der Waals surface area contributed by atoms with Crippen LogP contribution in [0.1, 0.15) is 38.2 Å². The van der Waals surface area contributed by atoms with Gasteiger partial charge in [-0.25, -0.2) is 0 Å². The van der Waals surface area contributed by atoms with Gasteiger partial charge in [-0.05, 0) is 43.0 Å². The average Bonchev–Trinajstić information content (AvgIpc) is 2.63. The van der Waals surface area contributed by atoms with Gasteiger partial charge in [-0.1, -0.05) is 6.07 Å². The quantitative estimate of drug-likeness (QED) is 0.809. The molecule has 0 aliphatic carbocycles. The van der Waals surface area contributed by atoms with E-state index < -0.39 is 5.79 Å². The van der Waals surface area contributed by atoms with Crippen LogP contribution in [0.25, 0.3) is 0 Å². The second kappa shape index (κ2) is 3.91. The minimum Gasteiger partial charge on any atom is -0.449 e. The predicted molar refractivity (Wildman–Crippen MR) is 66.6 cm³/mol. The lowest BCUT2D eigenvalue weighted by Gasteiger charge is -2.23. The van der Waals surface area contributed by atoms with E-state index in [1.54, 1.807) is 0 Å². The fourth-order valence-corrected chi connectivity index (χ4v) is 2.63. The molecule has 0 saturated carbocycles. The molecule has 3 nitrogen and oxygen atoms in total. The molecule has 1 aromatic carbocycles. The Bertz CT molecular complexity index is 422. The summed E-state index contributed by atoms with van der Waals surface area (Å²) in [5.74, 6) is 1.84. The molecule has 17 heavy (non-hydrogen) atoms. The second-order valence-electron chi connectivity index (χ2n) is 5.35. The lowest BCUT2D eigenvalue weighted by Crippen LogP contribution is -2.29. The summed E-state index contributed by atoms with van der Waals surface area (Å²) < 4.78 is 11.5. The Hall–Kier alpha value is -1.22. The lowest BCUT2D eigenvalue weighted by atomic mass is 9.91. The van der Waals surface area contributed by atoms with Crippen LogP contribution in [0.15, 0.2) is 18.2 Å². The molecule has 1 aromatic rings. The number of hydrogen-bond donors (Lipinski definition) is 1. The maximum atomic E-state index is 5.78. The van der Waals surface area contributed by atoms with Crippen LogP contribution in [0.4, 0.5) is 0 Å². The highest BCUT2D eigenvalue weighted by Gasteiger charge is 2.32. The Morgan fingerprint density at radius 2 is 2.06 bits per heavy atom. The van der Waals surface area contributed by atoms with E-state index >= 15 is 0 Å². The highest BCUT2D eigenvalue weighted by atomic mass is 16.7. The molecule has 2 aliphatic heterocycles. The number of benzene rings is 1. The summed E-state index contributed by atoms with van der Waals surface area (Å²) >= 11 is 0. The van der Waals surface area contributed by atoms with Crippen LogP contribution in [0, 0.1) is 0 Å². The van der Waals surface area contributed by atoms with Gasteiger partial charge >= 0.3 is 0 Å². The topological polar surface area (TPSA) is 30.5 Å². The van der Waals surface area contributed by atoms with E-state index in [-0.39, 0.29) is 0 Å². The molecule has 0 amide bonds. The molecule has 2 aliphatic rings. The molecule has 1 unspecified atom stereocenters. The fraction of sp³-hybridized carbons (Fsp3) is 0.571. The first-order valence-electron chi connectivity index (χ1n) is 6.37. The molecule has 1 atom stereocenters. The zero-order chi connectivity index (χ0) is 11.9. The summed E-state index contributed by atoms with van der Waals surface area (Å²) in [6.07, 6.45) is 2.51. The highest BCUT2D eigenvalue weighted by molar-refractivity contribution is 5.46. The van der Waals surface area contributed by atoms with E-state index in [1.165, 1.54) is 18.4 Å². The molecule has 0 spiro atoms. The molecule has 1 fully saturated rings. The first kappa shape index (κ1) is 10.9. The number of piperidine rings is 1. The zero-order valence-electron chi connectivity index (χ0n) is 10.5. The molecule has 3 heteroatoms. The van der Waals surface area contributed by atoms with Crippen molar-refractivity contribution in [2.45, 2.75) is 38.4 Å². The molecule has 0 bridgehead atoms. The van der Waals surface area contributed by atoms with Crippen LogP contribution < -0.4 is 14.8 Å². The largest absolute Gasteiger partial charge is 0.449 e. The molecule has 1 N–H and O–H groups in total. The molecular weight excluding hydrogens is 214 g/mol. The van der Waals surface area contributed by atoms with Crippen LogP contribution in [-0.4, -0.2) is 18.9 Å². The number of rotatable bonds is 1. The van der Waals surface area contributed by atoms with Crippen molar-refractivity contribution in [1.82, 2.24) is 5.32 Å². The Labute approximate surface area is 102 Å². The molecule has 3 rings (SSSR count). The van der Waals surface area contributed by atoms with Crippen LogP contribution in [0.5, 0.6) is 11.5 Å². The molecule has 92 valence electrons. The summed E-state index contributed by atoms with van der Waals surface area (Å²) in [6.45, 7) is 6.10. The minimum absolute atomic E-state index is 0.522. The van der Waals surface area contributed by atoms with E-state index in [0.29, 0.717) is 5.92 Å². The van der Waals surface area contributed by atoms with Gasteiger partial charge in [0.25, 0.3) is 0 Å². The summed E-state index contributed by atoms with van der Waals surface area (Å²) in [7, 11) is 0. The third kappa shape index (κ3) is 2.12. The van der Waals surface area contributed by atoms with Gasteiger partial charge in [-0.3, -0.25) is 0 Å². The maximum Gasteiger partial charge on any atom is 0.246 e. The number of ether oxygens (including phenoxy) is 2. The summed E-state index contributed by atoms with van der Waals surface area (Å²) in [5, 5.41) is 3.45. The summed E-state index contributed by atoms with van der Waals surface area (Å²) in [6, 6.07) is 6.34. The Morgan fingerprint density at radius 1 is 1.24 bits per heavy atom. The van der Waals surface area contributed by atoms with Crippen molar-refractivity contribution < 1.29 is 9.47 Å². The number of hydrogen-bond acceptors (Lipinski definition) is 3. The lowest BCUT2D eigenvalue weighted by molar-refractivity contribution is -0.0431. The van der Waals surface area contributed by atoms with E-state index in [1.807, 2.05) is 19.9 Å². The first-order valence-corrected chi connectivity index (χ1v) is 6.37. The van der Waals surface area contributed by atoms with Crippen LogP contribution in [-0.2, 0) is 0 Å². The van der Waals surface area contributed by atoms with Gasteiger partial charge < -0.3 is 14.8 Å². The SMILES string of the molecule is CC1(C)Oc2ccc(C3CCCNC3)cc2O1. The van der Waals surface area contributed by atoms with Crippen molar-refractivity contribution >= 4 is 0 Å². The van der Waals surface area contributed by atoms with Crippen molar-refractivity contribution in [3.8, 4) is 11.5 Å². The van der Waals surface area contributed by atoms with Crippen LogP contribution >= 0.6 is 0 Å². The van der Waals surface area contributed by atoms with Crippen molar-refractivity contribution in [3.05, 3.63) is 23.8 Å². The smallest absolute Gasteiger partial charge is 0.246 e. The Morgan fingerprint density at radius 3 is 2.82 bits per heavy atom. The van der Waals surface area contributed by atoms with E-state index in [4.69, 9.17) is 9.47 Å². The summed E-state index contributed by atoms with van der Waals surface area (Å²) in [4.78, 5) is 0. The van der Waals surface area contributed by atoms with Gasteiger partial charge in [-0.2, -0.15) is 0 Å². The van der Waals surface area contributed by atoms with Gasteiger partial charge in [0.2, 0.25) is 5.79 Å². The first-order chi connectivity index (χ1) is 8.14. The Kier molecular flexibility index (Phi) is 2.51. The van der Waals surface area contributed by atoms with Crippen molar-refractivity contribution in [3.63, 3.8) is 0 Å². The molecule has 1 saturated heterocycles. The molecular formula is C14H19NO2. The maximum absolute atomic E-state index is 5.78. The number of fused-ring (bicyclic) bond motifs is 1. The normalized spacial score (nSPS) is 25.9. The standard InChI is InChI=1S/C14H19NO2/c1-14(2)16-12-6-5-10(8-13(12)17-14)11-4-3-7-15-9-11/h5-6,8,11,15H,3-4,7,9H2,1-2H3. The highest BCUT2D eigenvalue weighted by Crippen LogP contribution is 2.41. The van der Waals surface area contributed by atoms with Crippen molar-refractivity contribution in [1.29, 1.82) is 0 Å². The predicted octanol–water partition coefficient (Wildman–Crippen LogP) is 2.66. The van der Waals surface area contributed by atoms with Gasteiger partial charge in [0.05, 0.1) is 0 Å². The molecule has 0 radical (unpaired) electrons. The third-order valence-electron chi connectivity index (χ3n) is 3.45. The zero-order valence-corrected chi connectivity index (χ0v) is 10.5.